The largest absolute Gasteiger partial charge is 0.467 e. The third-order valence-corrected chi connectivity index (χ3v) is 3.05. The number of hydrogen-bond donors (Lipinski definition) is 3. The summed E-state index contributed by atoms with van der Waals surface area (Å²) in [5.41, 5.74) is 0.712. The Morgan fingerprint density at radius 1 is 1.19 bits per heavy atom. The van der Waals surface area contributed by atoms with Crippen LogP contribution in [-0.2, 0) is 6.54 Å². The summed E-state index contributed by atoms with van der Waals surface area (Å²) in [5, 5.41) is 14.0. The zero-order valence-corrected chi connectivity index (χ0v) is 12.2. The number of aromatic amines is 1. The van der Waals surface area contributed by atoms with Crippen molar-refractivity contribution in [3.8, 4) is 0 Å². The van der Waals surface area contributed by atoms with Gasteiger partial charge in [0.2, 0.25) is 11.9 Å². The van der Waals surface area contributed by atoms with E-state index in [1.54, 1.807) is 24.5 Å². The number of hydrogen-bond acceptors (Lipinski definition) is 5. The first kappa shape index (κ1) is 13.8. The van der Waals surface area contributed by atoms with E-state index in [9.17, 15) is 0 Å². The highest BCUT2D eigenvalue weighted by molar-refractivity contribution is 6.35. The first-order chi connectivity index (χ1) is 10.2. The summed E-state index contributed by atoms with van der Waals surface area (Å²) in [6.45, 7) is 0.518. The normalized spacial score (nSPS) is 10.6. The molecule has 3 aromatic rings. The van der Waals surface area contributed by atoms with Crippen molar-refractivity contribution in [2.24, 2.45) is 0 Å². The monoisotopic (exact) mass is 323 g/mol. The Kier molecular flexibility index (Phi) is 3.98. The minimum atomic E-state index is 0.412. The van der Waals surface area contributed by atoms with Crippen LogP contribution in [-0.4, -0.2) is 15.2 Å². The summed E-state index contributed by atoms with van der Waals surface area (Å²) < 4.78 is 5.21. The van der Waals surface area contributed by atoms with Crippen LogP contribution < -0.4 is 10.6 Å². The molecular weight excluding hydrogens is 313 g/mol. The van der Waals surface area contributed by atoms with Gasteiger partial charge in [-0.1, -0.05) is 23.2 Å². The molecule has 21 heavy (non-hydrogen) atoms. The lowest BCUT2D eigenvalue weighted by molar-refractivity contribution is 0.517. The fourth-order valence-corrected chi connectivity index (χ4v) is 2.26. The van der Waals surface area contributed by atoms with Gasteiger partial charge in [-0.05, 0) is 30.3 Å². The number of nitrogens with one attached hydrogen (secondary N) is 3. The van der Waals surface area contributed by atoms with E-state index in [2.05, 4.69) is 25.8 Å². The molecule has 0 aliphatic heterocycles. The second-order valence-electron chi connectivity index (χ2n) is 4.22. The summed E-state index contributed by atoms with van der Waals surface area (Å²) in [7, 11) is 0. The van der Waals surface area contributed by atoms with Gasteiger partial charge >= 0.3 is 0 Å². The van der Waals surface area contributed by atoms with Crippen LogP contribution in [0.2, 0.25) is 10.0 Å². The van der Waals surface area contributed by atoms with Gasteiger partial charge in [0.05, 0.1) is 12.8 Å². The zero-order valence-electron chi connectivity index (χ0n) is 10.7. The number of aromatic nitrogens is 3. The van der Waals surface area contributed by atoms with E-state index in [1.807, 2.05) is 12.1 Å². The van der Waals surface area contributed by atoms with E-state index >= 15 is 0 Å². The molecule has 0 aliphatic rings. The molecule has 1 aromatic carbocycles. The minimum Gasteiger partial charge on any atom is -0.467 e. The minimum absolute atomic E-state index is 0.412. The highest BCUT2D eigenvalue weighted by Gasteiger charge is 2.05. The predicted octanol–water partition coefficient (Wildman–Crippen LogP) is 4.06. The summed E-state index contributed by atoms with van der Waals surface area (Å²) >= 11 is 11.9. The second-order valence-corrected chi connectivity index (χ2v) is 5.10. The maximum Gasteiger partial charge on any atom is 0.248 e. The molecule has 0 bridgehead atoms. The Bertz CT molecular complexity index is 706. The predicted molar refractivity (Wildman–Crippen MR) is 82.2 cm³/mol. The van der Waals surface area contributed by atoms with Crippen LogP contribution in [0.5, 0.6) is 0 Å². The van der Waals surface area contributed by atoms with Gasteiger partial charge < -0.3 is 15.1 Å². The molecule has 3 N–H and O–H groups in total. The van der Waals surface area contributed by atoms with Crippen LogP contribution >= 0.6 is 23.2 Å². The van der Waals surface area contributed by atoms with Crippen LogP contribution in [0.1, 0.15) is 5.76 Å². The van der Waals surface area contributed by atoms with Gasteiger partial charge in [0.15, 0.2) is 0 Å². The van der Waals surface area contributed by atoms with Gasteiger partial charge in [-0.3, -0.25) is 0 Å². The Hall–Kier alpha value is -2.18. The molecule has 0 radical (unpaired) electrons. The second kappa shape index (κ2) is 6.07. The topological polar surface area (TPSA) is 78.8 Å². The van der Waals surface area contributed by atoms with Crippen LogP contribution in [0, 0.1) is 0 Å². The van der Waals surface area contributed by atoms with Crippen molar-refractivity contribution in [2.75, 3.05) is 10.6 Å². The summed E-state index contributed by atoms with van der Waals surface area (Å²) in [4.78, 5) is 4.25. The molecule has 6 nitrogen and oxygen atoms in total. The van der Waals surface area contributed by atoms with Crippen molar-refractivity contribution < 1.29 is 4.42 Å². The zero-order chi connectivity index (χ0) is 14.7. The molecule has 0 unspecified atom stereocenters. The molecule has 0 atom stereocenters. The molecule has 108 valence electrons. The lowest BCUT2D eigenvalue weighted by Gasteiger charge is -2.03. The third-order valence-electron chi connectivity index (χ3n) is 2.61. The van der Waals surface area contributed by atoms with E-state index in [1.165, 1.54) is 0 Å². The quantitative estimate of drug-likeness (QED) is 0.659. The number of nitrogens with zero attached hydrogens (tertiary/aromatic N) is 2. The lowest BCUT2D eigenvalue weighted by atomic mass is 10.3. The molecule has 2 heterocycles. The van der Waals surface area contributed by atoms with Gasteiger partial charge in [0.25, 0.3) is 0 Å². The summed E-state index contributed by atoms with van der Waals surface area (Å²) in [5.74, 6) is 1.75. The van der Waals surface area contributed by atoms with Crippen LogP contribution in [0.3, 0.4) is 0 Å². The third kappa shape index (κ3) is 3.68. The van der Waals surface area contributed by atoms with Crippen molar-refractivity contribution in [3.63, 3.8) is 0 Å². The molecule has 0 amide bonds. The van der Waals surface area contributed by atoms with Crippen molar-refractivity contribution in [1.82, 2.24) is 15.2 Å². The molecule has 8 heteroatoms. The van der Waals surface area contributed by atoms with E-state index in [4.69, 9.17) is 27.6 Å². The van der Waals surface area contributed by atoms with E-state index in [-0.39, 0.29) is 0 Å². The van der Waals surface area contributed by atoms with Gasteiger partial charge in [0.1, 0.15) is 5.76 Å². The number of H-pyrrole nitrogens is 1. The van der Waals surface area contributed by atoms with Crippen molar-refractivity contribution in [1.29, 1.82) is 0 Å². The molecule has 2 aromatic heterocycles. The average Bonchev–Trinajstić information content (AvgIpc) is 3.06. The average molecular weight is 324 g/mol. The van der Waals surface area contributed by atoms with Gasteiger partial charge in [-0.25, -0.2) is 5.10 Å². The van der Waals surface area contributed by atoms with E-state index in [0.29, 0.717) is 34.2 Å². The molecule has 0 fully saturated rings. The molecule has 0 aliphatic carbocycles. The standard InChI is InChI=1S/C13H11Cl2N5O/c14-8-4-9(15)6-10(5-8)17-13-18-12(19-20-13)16-7-11-2-1-3-21-11/h1-6H,7H2,(H3,16,17,18,19,20). The number of furan rings is 1. The molecule has 3 rings (SSSR count). The van der Waals surface area contributed by atoms with Gasteiger partial charge in [-0.2, -0.15) is 4.98 Å². The Morgan fingerprint density at radius 3 is 2.71 bits per heavy atom. The molecule has 0 spiro atoms. The maximum absolute atomic E-state index is 5.93. The van der Waals surface area contributed by atoms with Gasteiger partial charge in [-0.15, -0.1) is 5.10 Å². The number of anilines is 3. The highest BCUT2D eigenvalue weighted by Crippen LogP contribution is 2.24. The van der Waals surface area contributed by atoms with Crippen molar-refractivity contribution in [2.45, 2.75) is 6.54 Å². The summed E-state index contributed by atoms with van der Waals surface area (Å²) in [6, 6.07) is 8.83. The van der Waals surface area contributed by atoms with E-state index in [0.717, 1.165) is 5.76 Å². The first-order valence-corrected chi connectivity index (χ1v) is 6.86. The fourth-order valence-electron chi connectivity index (χ4n) is 1.74. The lowest BCUT2D eigenvalue weighted by Crippen LogP contribution is -1.99. The number of rotatable bonds is 5. The first-order valence-electron chi connectivity index (χ1n) is 6.11. The van der Waals surface area contributed by atoms with Crippen LogP contribution in [0.4, 0.5) is 17.6 Å². The SMILES string of the molecule is Clc1cc(Cl)cc(Nc2n[nH]c(NCc3ccco3)n2)c1. The smallest absolute Gasteiger partial charge is 0.248 e. The van der Waals surface area contributed by atoms with Crippen molar-refractivity contribution >= 4 is 40.8 Å². The van der Waals surface area contributed by atoms with Crippen molar-refractivity contribution in [3.05, 3.63) is 52.4 Å². The Morgan fingerprint density at radius 2 is 2.00 bits per heavy atom. The molecule has 0 saturated heterocycles. The highest BCUT2D eigenvalue weighted by atomic mass is 35.5. The van der Waals surface area contributed by atoms with Gasteiger partial charge in [0, 0.05) is 15.7 Å². The molecule has 0 saturated carbocycles. The summed E-state index contributed by atoms with van der Waals surface area (Å²) in [6.07, 6.45) is 1.62. The number of benzene rings is 1. The van der Waals surface area contributed by atoms with E-state index < -0.39 is 0 Å². The Balaban J connectivity index is 1.64. The van der Waals surface area contributed by atoms with Crippen LogP contribution in [0.25, 0.3) is 0 Å². The fraction of sp³-hybridized carbons (Fsp3) is 0.0769. The molecular formula is C13H11Cl2N5O. The Labute approximate surface area is 130 Å². The maximum atomic E-state index is 5.93. The van der Waals surface area contributed by atoms with Crippen LogP contribution in [0.15, 0.2) is 41.0 Å². The number of halogens is 2.